The quantitative estimate of drug-likeness (QED) is 0.777. The van der Waals surface area contributed by atoms with Crippen LogP contribution in [0.2, 0.25) is 0 Å². The molecular weight excluding hydrogens is 344 g/mol. The van der Waals surface area contributed by atoms with Crippen LogP contribution in [0, 0.1) is 0 Å². The predicted molar refractivity (Wildman–Crippen MR) is 70.5 cm³/mol. The lowest BCUT2D eigenvalue weighted by molar-refractivity contribution is 1.04. The number of thiol groups is 1. The summed E-state index contributed by atoms with van der Waals surface area (Å²) in [4.78, 5) is 18.7. The minimum atomic E-state index is -0.147. The van der Waals surface area contributed by atoms with Gasteiger partial charge in [0.05, 0.1) is 10.9 Å². The van der Waals surface area contributed by atoms with Crippen molar-refractivity contribution in [2.45, 2.75) is 5.75 Å². The van der Waals surface area contributed by atoms with E-state index in [2.05, 4.69) is 54.5 Å². The van der Waals surface area contributed by atoms with E-state index >= 15 is 0 Å². The van der Waals surface area contributed by atoms with Gasteiger partial charge in [-0.3, -0.25) is 4.79 Å². The van der Waals surface area contributed by atoms with Gasteiger partial charge in [-0.05, 0) is 28.1 Å². The molecule has 1 heterocycles. The monoisotopic (exact) mass is 348 g/mol. The van der Waals surface area contributed by atoms with E-state index in [4.69, 9.17) is 0 Å². The van der Waals surface area contributed by atoms with Crippen LogP contribution in [0.5, 0.6) is 0 Å². The van der Waals surface area contributed by atoms with Crippen LogP contribution in [0.3, 0.4) is 0 Å². The topological polar surface area (TPSA) is 45.8 Å². The molecule has 0 fully saturated rings. The smallest absolute Gasteiger partial charge is 0.258 e. The lowest BCUT2D eigenvalue weighted by Gasteiger charge is -2.02. The summed E-state index contributed by atoms with van der Waals surface area (Å²) in [7, 11) is 0. The Balaban J connectivity index is 2.91. The molecule has 1 aromatic carbocycles. The first kappa shape index (κ1) is 11.2. The fourth-order valence-electron chi connectivity index (χ4n) is 1.29. The van der Waals surface area contributed by atoms with E-state index in [1.165, 1.54) is 0 Å². The number of hydrogen-bond donors (Lipinski definition) is 2. The first-order valence-electron chi connectivity index (χ1n) is 4.10. The van der Waals surface area contributed by atoms with Gasteiger partial charge in [-0.25, -0.2) is 4.98 Å². The summed E-state index contributed by atoms with van der Waals surface area (Å²) < 4.78 is 1.63. The summed E-state index contributed by atoms with van der Waals surface area (Å²) in [5, 5.41) is 0.557. The van der Waals surface area contributed by atoms with Gasteiger partial charge in [-0.2, -0.15) is 12.6 Å². The Kier molecular flexibility index (Phi) is 3.18. The van der Waals surface area contributed by atoms with E-state index in [9.17, 15) is 4.79 Å². The zero-order valence-corrected chi connectivity index (χ0v) is 11.5. The first-order valence-corrected chi connectivity index (χ1v) is 6.32. The van der Waals surface area contributed by atoms with Crippen molar-refractivity contribution in [1.29, 1.82) is 0 Å². The number of rotatable bonds is 1. The molecule has 0 aliphatic carbocycles. The molecule has 0 bridgehead atoms. The van der Waals surface area contributed by atoms with E-state index in [0.29, 0.717) is 22.5 Å². The Morgan fingerprint density at radius 1 is 1.40 bits per heavy atom. The highest BCUT2D eigenvalue weighted by molar-refractivity contribution is 9.11. The molecule has 1 N–H and O–H groups in total. The van der Waals surface area contributed by atoms with Gasteiger partial charge in [0.1, 0.15) is 5.82 Å². The molecule has 3 nitrogen and oxygen atoms in total. The molecule has 0 saturated heterocycles. The molecule has 1 aromatic heterocycles. The summed E-state index contributed by atoms with van der Waals surface area (Å²) >= 11 is 10.8. The van der Waals surface area contributed by atoms with Gasteiger partial charge in [-0.1, -0.05) is 15.9 Å². The van der Waals surface area contributed by atoms with Crippen LogP contribution in [0.1, 0.15) is 5.82 Å². The molecule has 0 aliphatic rings. The lowest BCUT2D eigenvalue weighted by Crippen LogP contribution is -2.11. The Morgan fingerprint density at radius 2 is 2.13 bits per heavy atom. The van der Waals surface area contributed by atoms with Crippen LogP contribution < -0.4 is 5.56 Å². The molecule has 0 atom stereocenters. The molecule has 2 aromatic rings. The minimum absolute atomic E-state index is 0.147. The first-order chi connectivity index (χ1) is 7.11. The minimum Gasteiger partial charge on any atom is -0.309 e. The largest absolute Gasteiger partial charge is 0.309 e. The van der Waals surface area contributed by atoms with Crippen LogP contribution in [0.25, 0.3) is 10.9 Å². The Bertz CT molecular complexity index is 582. The van der Waals surface area contributed by atoms with Gasteiger partial charge in [0.25, 0.3) is 5.56 Å². The number of nitrogens with zero attached hydrogens (tertiary/aromatic N) is 1. The molecule has 0 amide bonds. The van der Waals surface area contributed by atoms with Crippen LogP contribution in [-0.4, -0.2) is 9.97 Å². The zero-order chi connectivity index (χ0) is 11.0. The average Bonchev–Trinajstić information content (AvgIpc) is 2.19. The van der Waals surface area contributed by atoms with Crippen LogP contribution in [0.4, 0.5) is 0 Å². The number of aromatic nitrogens is 2. The van der Waals surface area contributed by atoms with Gasteiger partial charge in [0.2, 0.25) is 0 Å². The predicted octanol–water partition coefficient (Wildman–Crippen LogP) is 2.88. The van der Waals surface area contributed by atoms with Crippen molar-refractivity contribution in [2.75, 3.05) is 0 Å². The maximum absolute atomic E-state index is 11.7. The maximum atomic E-state index is 11.7. The molecule has 0 aliphatic heterocycles. The van der Waals surface area contributed by atoms with Crippen molar-refractivity contribution < 1.29 is 0 Å². The van der Waals surface area contributed by atoms with Gasteiger partial charge < -0.3 is 4.98 Å². The molecule has 15 heavy (non-hydrogen) atoms. The Hall–Kier alpha value is -0.330. The van der Waals surface area contributed by atoms with Crippen molar-refractivity contribution >= 4 is 55.4 Å². The third kappa shape index (κ3) is 2.11. The van der Waals surface area contributed by atoms with Crippen molar-refractivity contribution in [3.05, 3.63) is 37.3 Å². The van der Waals surface area contributed by atoms with E-state index in [0.717, 1.165) is 8.95 Å². The van der Waals surface area contributed by atoms with Gasteiger partial charge >= 0.3 is 0 Å². The van der Waals surface area contributed by atoms with E-state index in [1.807, 2.05) is 6.07 Å². The summed E-state index contributed by atoms with van der Waals surface area (Å²) in [5.74, 6) is 0.979. The van der Waals surface area contributed by atoms with E-state index in [-0.39, 0.29) is 5.56 Å². The Morgan fingerprint density at radius 3 is 2.80 bits per heavy atom. The number of nitrogens with one attached hydrogen (secondary N) is 1. The second-order valence-electron chi connectivity index (χ2n) is 2.95. The van der Waals surface area contributed by atoms with Crippen molar-refractivity contribution in [2.24, 2.45) is 0 Å². The summed E-state index contributed by atoms with van der Waals surface area (Å²) in [6.45, 7) is 0. The normalized spacial score (nSPS) is 10.9. The van der Waals surface area contributed by atoms with Gasteiger partial charge in [0.15, 0.2) is 0 Å². The van der Waals surface area contributed by atoms with Crippen molar-refractivity contribution in [3.63, 3.8) is 0 Å². The Labute approximate surface area is 108 Å². The second kappa shape index (κ2) is 4.27. The summed E-state index contributed by atoms with van der Waals surface area (Å²) in [6, 6.07) is 3.60. The molecule has 0 spiro atoms. The molecule has 2 rings (SSSR count). The fraction of sp³-hybridized carbons (Fsp3) is 0.111. The number of aromatic amines is 1. The van der Waals surface area contributed by atoms with Crippen LogP contribution >= 0.6 is 44.5 Å². The van der Waals surface area contributed by atoms with E-state index < -0.39 is 0 Å². The van der Waals surface area contributed by atoms with Gasteiger partial charge in [-0.15, -0.1) is 0 Å². The third-order valence-electron chi connectivity index (χ3n) is 1.93. The summed E-state index contributed by atoms with van der Waals surface area (Å²) in [6.07, 6.45) is 0. The zero-order valence-electron chi connectivity index (χ0n) is 7.42. The van der Waals surface area contributed by atoms with Gasteiger partial charge in [0, 0.05) is 14.7 Å². The third-order valence-corrected chi connectivity index (χ3v) is 3.29. The SMILES string of the molecule is O=c1[nH]c(CS)nc2c(Br)cc(Br)cc12. The maximum Gasteiger partial charge on any atom is 0.258 e. The molecule has 0 saturated carbocycles. The molecular formula is C9H6Br2N2OS. The highest BCUT2D eigenvalue weighted by Gasteiger charge is 2.07. The number of fused-ring (bicyclic) bond motifs is 1. The molecule has 0 unspecified atom stereocenters. The van der Waals surface area contributed by atoms with E-state index in [1.54, 1.807) is 6.07 Å². The molecule has 78 valence electrons. The van der Waals surface area contributed by atoms with Crippen molar-refractivity contribution in [1.82, 2.24) is 9.97 Å². The number of hydrogen-bond acceptors (Lipinski definition) is 3. The number of benzene rings is 1. The second-order valence-corrected chi connectivity index (χ2v) is 5.04. The lowest BCUT2D eigenvalue weighted by atomic mass is 10.2. The molecule has 6 heteroatoms. The highest BCUT2D eigenvalue weighted by Crippen LogP contribution is 2.25. The number of H-pyrrole nitrogens is 1. The van der Waals surface area contributed by atoms with Crippen LogP contribution in [0.15, 0.2) is 25.9 Å². The fourth-order valence-corrected chi connectivity index (χ4v) is 2.75. The number of halogens is 2. The summed E-state index contributed by atoms with van der Waals surface area (Å²) in [5.41, 5.74) is 0.511. The molecule has 0 radical (unpaired) electrons. The highest BCUT2D eigenvalue weighted by atomic mass is 79.9. The van der Waals surface area contributed by atoms with Crippen molar-refractivity contribution in [3.8, 4) is 0 Å². The van der Waals surface area contributed by atoms with Crippen LogP contribution in [-0.2, 0) is 5.75 Å². The average molecular weight is 350 g/mol. The standard InChI is InChI=1S/C9H6Br2N2OS/c10-4-1-5-8(6(11)2-4)12-7(3-15)13-9(5)14/h1-2,15H,3H2,(H,12,13,14).